The highest BCUT2D eigenvalue weighted by Crippen LogP contribution is 2.20. The van der Waals surface area contributed by atoms with Crippen LogP contribution in [-0.2, 0) is 22.4 Å². The number of benzene rings is 1. The van der Waals surface area contributed by atoms with Gasteiger partial charge in [-0.25, -0.2) is 0 Å². The molecule has 1 saturated heterocycles. The zero-order valence-electron chi connectivity index (χ0n) is 12.2. The zero-order valence-corrected chi connectivity index (χ0v) is 12.2. The smallest absolute Gasteiger partial charge is 0.230 e. The number of nitrogen functional groups attached to an aromatic ring is 1. The van der Waals surface area contributed by atoms with Gasteiger partial charge in [0.1, 0.15) is 0 Å². The standard InChI is InChI=1S/C16H22N2O2/c1-11(2)9-13-10-12(3-5-14(13)17)4-6-15(19)18-8-7-16(18)20/h3,5,10-11H,4,6-9,17H2,1-2H3. The van der Waals surface area contributed by atoms with Crippen molar-refractivity contribution in [3.63, 3.8) is 0 Å². The van der Waals surface area contributed by atoms with E-state index in [0.717, 1.165) is 23.2 Å². The van der Waals surface area contributed by atoms with Crippen molar-refractivity contribution in [2.75, 3.05) is 12.3 Å². The van der Waals surface area contributed by atoms with Crippen molar-refractivity contribution in [1.29, 1.82) is 0 Å². The minimum Gasteiger partial charge on any atom is -0.399 e. The number of carbonyl (C=O) groups is 2. The lowest BCUT2D eigenvalue weighted by molar-refractivity contribution is -0.152. The van der Waals surface area contributed by atoms with Crippen molar-refractivity contribution in [2.45, 2.75) is 39.5 Å². The van der Waals surface area contributed by atoms with Gasteiger partial charge < -0.3 is 5.73 Å². The van der Waals surface area contributed by atoms with Gasteiger partial charge in [0.2, 0.25) is 11.8 Å². The van der Waals surface area contributed by atoms with Crippen molar-refractivity contribution >= 4 is 17.5 Å². The quantitative estimate of drug-likeness (QED) is 0.661. The largest absolute Gasteiger partial charge is 0.399 e. The van der Waals surface area contributed by atoms with Crippen LogP contribution < -0.4 is 5.73 Å². The lowest BCUT2D eigenvalue weighted by Crippen LogP contribution is -2.47. The maximum absolute atomic E-state index is 11.8. The van der Waals surface area contributed by atoms with Gasteiger partial charge in [-0.15, -0.1) is 0 Å². The number of nitrogens with two attached hydrogens (primary N) is 1. The molecule has 0 saturated carbocycles. The number of rotatable bonds is 5. The summed E-state index contributed by atoms with van der Waals surface area (Å²) in [5, 5.41) is 0. The van der Waals surface area contributed by atoms with E-state index in [1.807, 2.05) is 12.1 Å². The van der Waals surface area contributed by atoms with Crippen LogP contribution >= 0.6 is 0 Å². The van der Waals surface area contributed by atoms with Crippen molar-refractivity contribution in [1.82, 2.24) is 4.90 Å². The molecule has 0 aliphatic carbocycles. The van der Waals surface area contributed by atoms with Gasteiger partial charge >= 0.3 is 0 Å². The van der Waals surface area contributed by atoms with Crippen LogP contribution in [0.5, 0.6) is 0 Å². The third kappa shape index (κ3) is 3.38. The predicted molar refractivity (Wildman–Crippen MR) is 79.1 cm³/mol. The number of likely N-dealkylation sites (tertiary alicyclic amines) is 1. The highest BCUT2D eigenvalue weighted by Gasteiger charge is 2.29. The van der Waals surface area contributed by atoms with E-state index in [1.165, 1.54) is 4.90 Å². The number of imide groups is 1. The zero-order chi connectivity index (χ0) is 14.7. The molecule has 2 N–H and O–H groups in total. The topological polar surface area (TPSA) is 63.4 Å². The third-order valence-electron chi connectivity index (χ3n) is 3.61. The Kier molecular flexibility index (Phi) is 4.42. The van der Waals surface area contributed by atoms with Crippen LogP contribution in [0.25, 0.3) is 0 Å². The average Bonchev–Trinajstić information content (AvgIpc) is 2.37. The molecule has 1 aromatic rings. The van der Waals surface area contributed by atoms with Crippen molar-refractivity contribution in [3.8, 4) is 0 Å². The maximum atomic E-state index is 11.8. The molecule has 0 unspecified atom stereocenters. The maximum Gasteiger partial charge on any atom is 0.230 e. The Morgan fingerprint density at radius 3 is 2.70 bits per heavy atom. The molecule has 108 valence electrons. The summed E-state index contributed by atoms with van der Waals surface area (Å²) in [6.45, 7) is 4.90. The van der Waals surface area contributed by atoms with E-state index in [0.29, 0.717) is 31.7 Å². The summed E-state index contributed by atoms with van der Waals surface area (Å²) in [4.78, 5) is 24.4. The summed E-state index contributed by atoms with van der Waals surface area (Å²) in [7, 11) is 0. The molecule has 1 heterocycles. The monoisotopic (exact) mass is 274 g/mol. The highest BCUT2D eigenvalue weighted by atomic mass is 16.2. The second-order valence-corrected chi connectivity index (χ2v) is 5.82. The Bertz CT molecular complexity index is 523. The molecule has 0 bridgehead atoms. The molecule has 0 spiro atoms. The number of hydrogen-bond acceptors (Lipinski definition) is 3. The Morgan fingerprint density at radius 1 is 1.40 bits per heavy atom. The average molecular weight is 274 g/mol. The van der Waals surface area contributed by atoms with Crippen molar-refractivity contribution in [2.24, 2.45) is 5.92 Å². The minimum atomic E-state index is -0.0662. The van der Waals surface area contributed by atoms with Crippen LogP contribution in [0.1, 0.15) is 37.8 Å². The molecule has 0 aromatic heterocycles. The Morgan fingerprint density at radius 2 is 2.15 bits per heavy atom. The third-order valence-corrected chi connectivity index (χ3v) is 3.61. The van der Waals surface area contributed by atoms with E-state index in [1.54, 1.807) is 0 Å². The van der Waals surface area contributed by atoms with Crippen molar-refractivity contribution in [3.05, 3.63) is 29.3 Å². The molecular weight excluding hydrogens is 252 g/mol. The number of amides is 2. The van der Waals surface area contributed by atoms with Crippen LogP contribution in [0.4, 0.5) is 5.69 Å². The summed E-state index contributed by atoms with van der Waals surface area (Å²) >= 11 is 0. The van der Waals surface area contributed by atoms with E-state index in [-0.39, 0.29) is 11.8 Å². The predicted octanol–water partition coefficient (Wildman–Crippen LogP) is 2.16. The molecule has 0 atom stereocenters. The fourth-order valence-electron chi connectivity index (χ4n) is 2.40. The molecule has 1 aromatic carbocycles. The molecule has 0 radical (unpaired) electrons. The fraction of sp³-hybridized carbons (Fsp3) is 0.500. The summed E-state index contributed by atoms with van der Waals surface area (Å²) < 4.78 is 0. The second-order valence-electron chi connectivity index (χ2n) is 5.82. The normalized spacial score (nSPS) is 14.6. The molecule has 4 nitrogen and oxygen atoms in total. The number of anilines is 1. The summed E-state index contributed by atoms with van der Waals surface area (Å²) in [5.74, 6) is 0.434. The number of hydrogen-bond donors (Lipinski definition) is 1. The first-order chi connectivity index (χ1) is 9.47. The number of β-lactam (4-membered cyclic amide) rings is 1. The fourth-order valence-corrected chi connectivity index (χ4v) is 2.40. The summed E-state index contributed by atoms with van der Waals surface area (Å²) in [5.41, 5.74) is 9.03. The van der Waals surface area contributed by atoms with Crippen LogP contribution in [0.3, 0.4) is 0 Å². The van der Waals surface area contributed by atoms with Crippen LogP contribution in [-0.4, -0.2) is 23.3 Å². The SMILES string of the molecule is CC(C)Cc1cc(CCC(=O)N2CCC2=O)ccc1N. The molecule has 1 fully saturated rings. The van der Waals surface area contributed by atoms with E-state index < -0.39 is 0 Å². The van der Waals surface area contributed by atoms with E-state index in [2.05, 4.69) is 19.9 Å². The Balaban J connectivity index is 1.95. The molecule has 4 heteroatoms. The van der Waals surface area contributed by atoms with Gasteiger partial charge in [-0.05, 0) is 36.0 Å². The van der Waals surface area contributed by atoms with E-state index in [4.69, 9.17) is 5.73 Å². The number of nitrogens with zero attached hydrogens (tertiary/aromatic N) is 1. The molecule has 1 aliphatic rings. The summed E-state index contributed by atoms with van der Waals surface area (Å²) in [6, 6.07) is 5.96. The van der Waals surface area contributed by atoms with Gasteiger partial charge in [-0.2, -0.15) is 0 Å². The number of aryl methyl sites for hydroxylation is 1. The molecular formula is C16H22N2O2. The molecule has 2 amide bonds. The highest BCUT2D eigenvalue weighted by molar-refractivity contribution is 5.99. The van der Waals surface area contributed by atoms with E-state index in [9.17, 15) is 9.59 Å². The first-order valence-corrected chi connectivity index (χ1v) is 7.18. The van der Waals surface area contributed by atoms with Gasteiger partial charge in [0, 0.05) is 25.1 Å². The van der Waals surface area contributed by atoms with Crippen LogP contribution in [0.2, 0.25) is 0 Å². The van der Waals surface area contributed by atoms with Crippen molar-refractivity contribution < 1.29 is 9.59 Å². The first-order valence-electron chi connectivity index (χ1n) is 7.18. The second kappa shape index (κ2) is 6.07. The molecule has 1 aliphatic heterocycles. The minimum absolute atomic E-state index is 0.0483. The van der Waals surface area contributed by atoms with Crippen LogP contribution in [0.15, 0.2) is 18.2 Å². The van der Waals surface area contributed by atoms with Gasteiger partial charge in [-0.3, -0.25) is 14.5 Å². The van der Waals surface area contributed by atoms with Gasteiger partial charge in [-0.1, -0.05) is 26.0 Å². The lowest BCUT2D eigenvalue weighted by atomic mass is 9.97. The van der Waals surface area contributed by atoms with Crippen LogP contribution in [0, 0.1) is 5.92 Å². The van der Waals surface area contributed by atoms with E-state index >= 15 is 0 Å². The first kappa shape index (κ1) is 14.6. The van der Waals surface area contributed by atoms with Gasteiger partial charge in [0.05, 0.1) is 0 Å². The number of carbonyl (C=O) groups excluding carboxylic acids is 2. The molecule has 20 heavy (non-hydrogen) atoms. The summed E-state index contributed by atoms with van der Waals surface area (Å²) in [6.07, 6.45) is 2.50. The Labute approximate surface area is 119 Å². The van der Waals surface area contributed by atoms with Gasteiger partial charge in [0.15, 0.2) is 0 Å². The molecule has 2 rings (SSSR count). The Hall–Kier alpha value is -1.84. The lowest BCUT2D eigenvalue weighted by Gasteiger charge is -2.28. The van der Waals surface area contributed by atoms with Gasteiger partial charge in [0.25, 0.3) is 0 Å².